The molecule has 1 aliphatic carbocycles. The molecule has 144 valence electrons. The lowest BCUT2D eigenvalue weighted by atomic mass is 9.88. The van der Waals surface area contributed by atoms with Crippen LogP contribution in [0.1, 0.15) is 41.5 Å². The van der Waals surface area contributed by atoms with E-state index in [0.29, 0.717) is 0 Å². The number of hydrogen-bond donors (Lipinski definition) is 1. The molecule has 2 N–H and O–H groups in total. The van der Waals surface area contributed by atoms with Gasteiger partial charge < -0.3 is 5.73 Å². The van der Waals surface area contributed by atoms with Gasteiger partial charge in [0.15, 0.2) is 0 Å². The summed E-state index contributed by atoms with van der Waals surface area (Å²) in [6.45, 7) is 7.48. The number of anilines is 1. The minimum absolute atomic E-state index is 0.935. The van der Waals surface area contributed by atoms with E-state index in [1.54, 1.807) is 0 Å². The zero-order chi connectivity index (χ0) is 19.3. The third kappa shape index (κ3) is 4.28. The highest BCUT2D eigenvalue weighted by atomic mass is 15.1. The molecular weight excluding hydrogens is 340 g/mol. The zero-order valence-corrected chi connectivity index (χ0v) is 16.7. The maximum Gasteiger partial charge on any atom is 0.0352 e. The van der Waals surface area contributed by atoms with Crippen molar-refractivity contribution in [1.82, 2.24) is 4.90 Å². The van der Waals surface area contributed by atoms with Crippen LogP contribution in [0, 0.1) is 0 Å². The Labute approximate surface area is 169 Å². The van der Waals surface area contributed by atoms with Crippen LogP contribution in [-0.2, 0) is 12.8 Å². The molecule has 2 aromatic carbocycles. The van der Waals surface area contributed by atoms with Gasteiger partial charge >= 0.3 is 0 Å². The average molecular weight is 371 g/mol. The Hall–Kier alpha value is -2.58. The van der Waals surface area contributed by atoms with Gasteiger partial charge in [0.05, 0.1) is 0 Å². The van der Waals surface area contributed by atoms with Crippen LogP contribution >= 0.6 is 0 Å². The smallest absolute Gasteiger partial charge is 0.0352 e. The Balaban J connectivity index is 1.29. The topological polar surface area (TPSA) is 29.3 Å². The molecule has 0 unspecified atom stereocenters. The highest BCUT2D eigenvalue weighted by Crippen LogP contribution is 2.30. The number of nitrogens with zero attached hydrogens (tertiary/aromatic N) is 1. The van der Waals surface area contributed by atoms with Crippen LogP contribution in [-0.4, -0.2) is 24.5 Å². The number of benzene rings is 2. The Morgan fingerprint density at radius 1 is 1.00 bits per heavy atom. The van der Waals surface area contributed by atoms with E-state index in [1.807, 2.05) is 0 Å². The molecule has 2 aliphatic rings. The van der Waals surface area contributed by atoms with Crippen molar-refractivity contribution in [3.63, 3.8) is 0 Å². The number of nitrogens with two attached hydrogens (primary N) is 1. The van der Waals surface area contributed by atoms with Crippen molar-refractivity contribution in [2.75, 3.05) is 25.4 Å². The lowest BCUT2D eigenvalue weighted by Gasteiger charge is -2.26. The number of allylic oxidation sites excluding steroid dienone is 2. The second kappa shape index (κ2) is 8.62. The summed E-state index contributed by atoms with van der Waals surface area (Å²) in [4.78, 5) is 2.57. The molecule has 2 heteroatoms. The average Bonchev–Trinajstić information content (AvgIpc) is 2.73. The monoisotopic (exact) mass is 370 g/mol. The minimum atomic E-state index is 0.935. The highest BCUT2D eigenvalue weighted by molar-refractivity contribution is 5.70. The first kappa shape index (κ1) is 18.8. The maximum absolute atomic E-state index is 6.30. The molecule has 0 fully saturated rings. The second-order valence-electron chi connectivity index (χ2n) is 7.98. The van der Waals surface area contributed by atoms with Crippen LogP contribution < -0.4 is 5.73 Å². The van der Waals surface area contributed by atoms with E-state index in [9.17, 15) is 0 Å². The van der Waals surface area contributed by atoms with Gasteiger partial charge in [0.2, 0.25) is 0 Å². The molecule has 1 heterocycles. The van der Waals surface area contributed by atoms with E-state index >= 15 is 0 Å². The fraction of sp³-hybridized carbons (Fsp3) is 0.308. The van der Waals surface area contributed by atoms with Gasteiger partial charge in [0.1, 0.15) is 0 Å². The quantitative estimate of drug-likeness (QED) is 0.537. The molecule has 0 atom stereocenters. The molecule has 0 spiro atoms. The SMILES string of the molecule is C=C1C=Cc2c(ccc(N)c2CCCCN2CC=C(c3ccccc3)CC2)C1. The minimum Gasteiger partial charge on any atom is -0.398 e. The number of nitrogen functional groups attached to an aromatic ring is 1. The van der Waals surface area contributed by atoms with Crippen molar-refractivity contribution in [2.24, 2.45) is 0 Å². The van der Waals surface area contributed by atoms with Crippen LogP contribution in [0.4, 0.5) is 5.69 Å². The standard InChI is InChI=1S/C26H30N2/c1-20-10-12-24-23(19-20)11-13-26(27)25(24)9-5-6-16-28-17-14-22(15-18-28)21-7-3-2-4-8-21/h2-4,7-8,10-14H,1,5-6,9,15-19,27H2. The van der Waals surface area contributed by atoms with E-state index in [0.717, 1.165) is 38.0 Å². The molecule has 0 bridgehead atoms. The molecule has 2 nitrogen and oxygen atoms in total. The number of rotatable bonds is 6. The summed E-state index contributed by atoms with van der Waals surface area (Å²) in [5.41, 5.74) is 15.3. The van der Waals surface area contributed by atoms with Gasteiger partial charge in [-0.3, -0.25) is 4.90 Å². The molecule has 2 aromatic rings. The molecule has 0 aromatic heterocycles. The fourth-order valence-corrected chi connectivity index (χ4v) is 4.34. The Morgan fingerprint density at radius 2 is 1.86 bits per heavy atom. The van der Waals surface area contributed by atoms with Crippen molar-refractivity contribution in [3.8, 4) is 0 Å². The predicted octanol–water partition coefficient (Wildman–Crippen LogP) is 5.51. The molecule has 28 heavy (non-hydrogen) atoms. The first-order valence-corrected chi connectivity index (χ1v) is 10.4. The first-order chi connectivity index (χ1) is 13.7. The van der Waals surface area contributed by atoms with Crippen molar-refractivity contribution in [3.05, 3.63) is 89.0 Å². The van der Waals surface area contributed by atoms with Gasteiger partial charge in [-0.05, 0) is 72.5 Å². The zero-order valence-electron chi connectivity index (χ0n) is 16.7. The summed E-state index contributed by atoms with van der Waals surface area (Å²) in [6, 6.07) is 15.0. The van der Waals surface area contributed by atoms with Crippen molar-refractivity contribution in [1.29, 1.82) is 0 Å². The molecule has 0 amide bonds. The molecule has 1 aliphatic heterocycles. The summed E-state index contributed by atoms with van der Waals surface area (Å²) < 4.78 is 0. The summed E-state index contributed by atoms with van der Waals surface area (Å²) in [5, 5.41) is 0. The van der Waals surface area contributed by atoms with Crippen LogP contribution in [0.5, 0.6) is 0 Å². The first-order valence-electron chi connectivity index (χ1n) is 10.4. The van der Waals surface area contributed by atoms with E-state index in [-0.39, 0.29) is 0 Å². The van der Waals surface area contributed by atoms with Gasteiger partial charge in [0, 0.05) is 18.8 Å². The predicted molar refractivity (Wildman–Crippen MR) is 121 cm³/mol. The summed E-state index contributed by atoms with van der Waals surface area (Å²) in [5.74, 6) is 0. The van der Waals surface area contributed by atoms with E-state index in [1.165, 1.54) is 52.8 Å². The summed E-state index contributed by atoms with van der Waals surface area (Å²) in [7, 11) is 0. The summed E-state index contributed by atoms with van der Waals surface area (Å²) in [6.07, 6.45) is 12.3. The lowest BCUT2D eigenvalue weighted by Crippen LogP contribution is -2.29. The second-order valence-corrected chi connectivity index (χ2v) is 7.98. The Kier molecular flexibility index (Phi) is 5.78. The van der Waals surface area contributed by atoms with Crippen LogP contribution in [0.3, 0.4) is 0 Å². The molecule has 0 saturated carbocycles. The van der Waals surface area contributed by atoms with Gasteiger partial charge in [-0.2, -0.15) is 0 Å². The van der Waals surface area contributed by atoms with Crippen molar-refractivity contribution < 1.29 is 0 Å². The lowest BCUT2D eigenvalue weighted by molar-refractivity contribution is 0.295. The third-order valence-corrected chi connectivity index (χ3v) is 5.98. The Morgan fingerprint density at radius 3 is 2.64 bits per heavy atom. The van der Waals surface area contributed by atoms with E-state index < -0.39 is 0 Å². The largest absolute Gasteiger partial charge is 0.398 e. The molecule has 0 saturated heterocycles. The van der Waals surface area contributed by atoms with Gasteiger partial charge in [-0.15, -0.1) is 0 Å². The van der Waals surface area contributed by atoms with Crippen LogP contribution in [0.2, 0.25) is 0 Å². The molecule has 4 rings (SSSR count). The highest BCUT2D eigenvalue weighted by Gasteiger charge is 2.15. The maximum atomic E-state index is 6.30. The van der Waals surface area contributed by atoms with Gasteiger partial charge in [0.25, 0.3) is 0 Å². The van der Waals surface area contributed by atoms with Crippen molar-refractivity contribution in [2.45, 2.75) is 32.1 Å². The van der Waals surface area contributed by atoms with Gasteiger partial charge in [-0.25, -0.2) is 0 Å². The number of unbranched alkanes of at least 4 members (excludes halogenated alkanes) is 1. The van der Waals surface area contributed by atoms with Gasteiger partial charge in [-0.1, -0.05) is 66.8 Å². The van der Waals surface area contributed by atoms with Crippen LogP contribution in [0.25, 0.3) is 11.6 Å². The fourth-order valence-electron chi connectivity index (χ4n) is 4.34. The Bertz CT molecular complexity index is 906. The number of hydrogen-bond acceptors (Lipinski definition) is 2. The number of fused-ring (bicyclic) bond motifs is 1. The normalized spacial score (nSPS) is 16.7. The van der Waals surface area contributed by atoms with Crippen molar-refractivity contribution >= 4 is 17.3 Å². The van der Waals surface area contributed by atoms with E-state index in [2.05, 4.69) is 72.2 Å². The van der Waals surface area contributed by atoms with Crippen LogP contribution in [0.15, 0.2) is 66.8 Å². The molecular formula is C26H30N2. The molecule has 0 radical (unpaired) electrons. The van der Waals surface area contributed by atoms with E-state index in [4.69, 9.17) is 5.73 Å². The third-order valence-electron chi connectivity index (χ3n) is 5.98. The summed E-state index contributed by atoms with van der Waals surface area (Å²) >= 11 is 0.